The van der Waals surface area contributed by atoms with Crippen molar-refractivity contribution in [2.45, 2.75) is 43.5 Å². The second-order valence-corrected chi connectivity index (χ2v) is 9.70. The number of rotatable bonds is 11. The fourth-order valence-electron chi connectivity index (χ4n) is 3.77. The van der Waals surface area contributed by atoms with Crippen LogP contribution in [0.2, 0.25) is 0 Å². The molecule has 0 aliphatic carbocycles. The molecular weight excluding hydrogens is 452 g/mol. The van der Waals surface area contributed by atoms with Crippen molar-refractivity contribution in [3.8, 4) is 0 Å². The number of hydrogen-bond donors (Lipinski definition) is 2. The number of carbonyl (C=O) groups excluding carboxylic acids is 1. The largest absolute Gasteiger partial charge is 0.466 e. The van der Waals surface area contributed by atoms with Gasteiger partial charge >= 0.3 is 5.97 Å². The third-order valence-corrected chi connectivity index (χ3v) is 7.07. The molecule has 3 rings (SSSR count). The first kappa shape index (κ1) is 25.6. The van der Waals surface area contributed by atoms with Crippen molar-refractivity contribution >= 4 is 16.0 Å². The summed E-state index contributed by atoms with van der Waals surface area (Å²) < 4.78 is 33.5. The molecule has 0 saturated heterocycles. The fraction of sp³-hybridized carbons (Fsp3) is 0.308. The highest BCUT2D eigenvalue weighted by atomic mass is 32.2. The summed E-state index contributed by atoms with van der Waals surface area (Å²) in [4.78, 5) is 16.3. The zero-order valence-electron chi connectivity index (χ0n) is 19.3. The zero-order valence-corrected chi connectivity index (χ0v) is 20.2. The number of aliphatic hydroxyl groups excluding tert-OH is 1. The summed E-state index contributed by atoms with van der Waals surface area (Å²) in [6.45, 7) is 3.70. The molecule has 0 radical (unpaired) electrons. The Bertz CT molecular complexity index is 1180. The van der Waals surface area contributed by atoms with E-state index in [4.69, 9.17) is 4.74 Å². The van der Waals surface area contributed by atoms with E-state index in [1.807, 2.05) is 24.3 Å². The Balaban J connectivity index is 1.95. The molecule has 1 aromatic heterocycles. The molecule has 0 bridgehead atoms. The van der Waals surface area contributed by atoms with E-state index >= 15 is 0 Å². The van der Waals surface area contributed by atoms with Gasteiger partial charge in [-0.25, -0.2) is 13.1 Å². The van der Waals surface area contributed by atoms with Gasteiger partial charge in [-0.1, -0.05) is 42.5 Å². The topological polar surface area (TPSA) is 106 Å². The maximum Gasteiger partial charge on any atom is 0.306 e. The lowest BCUT2D eigenvalue weighted by atomic mass is 9.88. The zero-order chi connectivity index (χ0) is 24.6. The molecule has 2 N–H and O–H groups in total. The SMILES string of the molecule is CCOC(=O)CCc1cc(C(C)NS(=O)(=O)c2ccccc2)cc(C(CO)c2cccnc2)c1. The molecule has 0 saturated carbocycles. The number of sulfonamides is 1. The van der Waals surface area contributed by atoms with Crippen LogP contribution >= 0.6 is 0 Å². The Morgan fingerprint density at radius 2 is 1.79 bits per heavy atom. The Morgan fingerprint density at radius 1 is 1.06 bits per heavy atom. The predicted molar refractivity (Wildman–Crippen MR) is 130 cm³/mol. The number of carbonyl (C=O) groups is 1. The Labute approximate surface area is 200 Å². The van der Waals surface area contributed by atoms with Crippen LogP contribution in [-0.4, -0.2) is 37.7 Å². The third-order valence-electron chi connectivity index (χ3n) is 5.52. The molecule has 1 heterocycles. The number of nitrogens with one attached hydrogen (secondary N) is 1. The normalized spacial score (nSPS) is 13.3. The maximum atomic E-state index is 12.9. The van der Waals surface area contributed by atoms with Gasteiger partial charge in [0.2, 0.25) is 10.0 Å². The molecule has 2 unspecified atom stereocenters. The molecule has 0 amide bonds. The van der Waals surface area contributed by atoms with Crippen LogP contribution in [0.4, 0.5) is 0 Å². The lowest BCUT2D eigenvalue weighted by molar-refractivity contribution is -0.143. The smallest absolute Gasteiger partial charge is 0.306 e. The number of hydrogen-bond acceptors (Lipinski definition) is 6. The van der Waals surface area contributed by atoms with Crippen LogP contribution in [0.25, 0.3) is 0 Å². The molecule has 180 valence electrons. The van der Waals surface area contributed by atoms with Crippen molar-refractivity contribution in [3.63, 3.8) is 0 Å². The van der Waals surface area contributed by atoms with Crippen LogP contribution in [0.15, 0.2) is 78.0 Å². The summed E-state index contributed by atoms with van der Waals surface area (Å²) in [5, 5.41) is 10.2. The molecule has 0 spiro atoms. The minimum atomic E-state index is -3.73. The first-order chi connectivity index (χ1) is 16.3. The van der Waals surface area contributed by atoms with Crippen LogP contribution < -0.4 is 4.72 Å². The average Bonchev–Trinajstić information content (AvgIpc) is 2.84. The molecule has 3 aromatic rings. The molecule has 0 fully saturated rings. The fourth-order valence-corrected chi connectivity index (χ4v) is 5.03. The maximum absolute atomic E-state index is 12.9. The summed E-state index contributed by atoms with van der Waals surface area (Å²) in [7, 11) is -3.73. The lowest BCUT2D eigenvalue weighted by Gasteiger charge is -2.21. The van der Waals surface area contributed by atoms with Gasteiger partial charge in [-0.05, 0) is 60.7 Å². The summed E-state index contributed by atoms with van der Waals surface area (Å²) in [6, 6.07) is 17.1. The Morgan fingerprint density at radius 3 is 2.44 bits per heavy atom. The van der Waals surface area contributed by atoms with Crippen molar-refractivity contribution in [1.29, 1.82) is 0 Å². The first-order valence-corrected chi connectivity index (χ1v) is 12.7. The molecule has 2 aromatic carbocycles. The van der Waals surface area contributed by atoms with Gasteiger partial charge in [0.25, 0.3) is 0 Å². The summed E-state index contributed by atoms with van der Waals surface area (Å²) in [6.07, 6.45) is 4.01. The number of aliphatic hydroxyl groups is 1. The van der Waals surface area contributed by atoms with Gasteiger partial charge in [-0.2, -0.15) is 0 Å². The highest BCUT2D eigenvalue weighted by Crippen LogP contribution is 2.29. The van der Waals surface area contributed by atoms with Crippen LogP contribution in [0.3, 0.4) is 0 Å². The number of aromatic nitrogens is 1. The summed E-state index contributed by atoms with van der Waals surface area (Å²) >= 11 is 0. The number of esters is 1. The van der Waals surface area contributed by atoms with Crippen molar-refractivity contribution in [3.05, 3.63) is 95.3 Å². The van der Waals surface area contributed by atoms with E-state index in [9.17, 15) is 18.3 Å². The second kappa shape index (κ2) is 11.9. The number of nitrogens with zero attached hydrogens (tertiary/aromatic N) is 1. The van der Waals surface area contributed by atoms with E-state index in [0.29, 0.717) is 13.0 Å². The summed E-state index contributed by atoms with van der Waals surface area (Å²) in [5.41, 5.74) is 3.25. The van der Waals surface area contributed by atoms with Crippen LogP contribution in [0.5, 0.6) is 0 Å². The van der Waals surface area contributed by atoms with Gasteiger partial charge in [0.05, 0.1) is 18.1 Å². The second-order valence-electron chi connectivity index (χ2n) is 7.99. The van der Waals surface area contributed by atoms with Gasteiger partial charge in [0.1, 0.15) is 0 Å². The van der Waals surface area contributed by atoms with Crippen LogP contribution in [0, 0.1) is 0 Å². The van der Waals surface area contributed by atoms with E-state index in [-0.39, 0.29) is 29.8 Å². The van der Waals surface area contributed by atoms with Gasteiger partial charge in [-0.15, -0.1) is 0 Å². The van der Waals surface area contributed by atoms with Crippen LogP contribution in [-0.2, 0) is 26.0 Å². The molecule has 0 aliphatic rings. The first-order valence-electron chi connectivity index (χ1n) is 11.2. The van der Waals surface area contributed by atoms with Crippen LogP contribution in [0.1, 0.15) is 54.5 Å². The van der Waals surface area contributed by atoms with E-state index in [1.165, 1.54) is 0 Å². The van der Waals surface area contributed by atoms with Crippen molar-refractivity contribution in [2.75, 3.05) is 13.2 Å². The minimum Gasteiger partial charge on any atom is -0.466 e. The number of benzene rings is 2. The molecular formula is C26H30N2O5S. The third kappa shape index (κ3) is 6.72. The van der Waals surface area contributed by atoms with E-state index in [0.717, 1.165) is 22.3 Å². The Hall–Kier alpha value is -3.07. The highest BCUT2D eigenvalue weighted by molar-refractivity contribution is 7.89. The lowest BCUT2D eigenvalue weighted by Crippen LogP contribution is -2.27. The molecule has 7 nitrogen and oxygen atoms in total. The van der Waals surface area contributed by atoms with Crippen molar-refractivity contribution < 1.29 is 23.1 Å². The van der Waals surface area contributed by atoms with Crippen molar-refractivity contribution in [1.82, 2.24) is 9.71 Å². The summed E-state index contributed by atoms with van der Waals surface area (Å²) in [5.74, 6) is -0.633. The quantitative estimate of drug-likeness (QED) is 0.403. The molecule has 0 aliphatic heterocycles. The van der Waals surface area contributed by atoms with Gasteiger partial charge in [-0.3, -0.25) is 9.78 Å². The molecule has 34 heavy (non-hydrogen) atoms. The van der Waals surface area contributed by atoms with E-state index in [2.05, 4.69) is 9.71 Å². The standard InChI is InChI=1S/C26H30N2O5S/c1-3-33-26(30)12-11-20-14-22(19(2)28-34(31,32)24-9-5-4-6-10-24)16-23(15-20)25(18-29)21-8-7-13-27-17-21/h4-10,13-17,19,25,28-29H,3,11-12,18H2,1-2H3. The number of pyridine rings is 1. The molecule has 2 atom stereocenters. The monoisotopic (exact) mass is 482 g/mol. The van der Waals surface area contributed by atoms with E-state index in [1.54, 1.807) is 62.6 Å². The average molecular weight is 483 g/mol. The van der Waals surface area contributed by atoms with Gasteiger partial charge in [0.15, 0.2) is 0 Å². The van der Waals surface area contributed by atoms with Gasteiger partial charge < -0.3 is 9.84 Å². The Kier molecular flexibility index (Phi) is 8.92. The highest BCUT2D eigenvalue weighted by Gasteiger charge is 2.21. The number of ether oxygens (including phenoxy) is 1. The minimum absolute atomic E-state index is 0.142. The predicted octanol–water partition coefficient (Wildman–Crippen LogP) is 3.74. The van der Waals surface area contributed by atoms with Gasteiger partial charge in [0, 0.05) is 30.8 Å². The van der Waals surface area contributed by atoms with Crippen molar-refractivity contribution in [2.24, 2.45) is 0 Å². The van der Waals surface area contributed by atoms with E-state index < -0.39 is 16.1 Å². The molecule has 8 heteroatoms. The number of aryl methyl sites for hydroxylation is 1.